The maximum absolute atomic E-state index is 12.1. The molecule has 7 nitrogen and oxygen atoms in total. The minimum absolute atomic E-state index is 0.109. The van der Waals surface area contributed by atoms with Gasteiger partial charge in [0.15, 0.2) is 5.09 Å². The van der Waals surface area contributed by atoms with Crippen LogP contribution in [0.15, 0.2) is 39.8 Å². The van der Waals surface area contributed by atoms with Gasteiger partial charge >= 0.3 is 5.97 Å². The van der Waals surface area contributed by atoms with Crippen molar-refractivity contribution in [3.8, 4) is 0 Å². The second-order valence-electron chi connectivity index (χ2n) is 6.49. The van der Waals surface area contributed by atoms with Gasteiger partial charge in [-0.1, -0.05) is 41.0 Å². The number of hydrogen-bond acceptors (Lipinski definition) is 6. The van der Waals surface area contributed by atoms with Crippen molar-refractivity contribution < 1.29 is 23.8 Å². The van der Waals surface area contributed by atoms with E-state index in [0.717, 1.165) is 30.4 Å². The Kier molecular flexibility index (Phi) is 7.85. The van der Waals surface area contributed by atoms with Gasteiger partial charge in [0, 0.05) is 26.2 Å². The van der Waals surface area contributed by atoms with E-state index in [0.29, 0.717) is 34.8 Å². The summed E-state index contributed by atoms with van der Waals surface area (Å²) in [5.41, 5.74) is 1.07. The highest BCUT2D eigenvalue weighted by Crippen LogP contribution is 2.24. The summed E-state index contributed by atoms with van der Waals surface area (Å²) in [5, 5.41) is 13.1. The second kappa shape index (κ2) is 10.4. The number of nitrogens with one attached hydrogen (secondary N) is 1. The first-order valence-corrected chi connectivity index (χ1v) is 10.7. The number of amides is 1. The first-order chi connectivity index (χ1) is 13.9. The lowest BCUT2D eigenvalue weighted by Crippen LogP contribution is -2.47. The number of nitrogens with zero attached hydrogens (tertiary/aromatic N) is 1. The Morgan fingerprint density at radius 2 is 2.07 bits per heavy atom. The number of carbonyl (C=O) groups excluding carboxylic acids is 1. The van der Waals surface area contributed by atoms with E-state index in [2.05, 4.69) is 10.2 Å². The third-order valence-corrected chi connectivity index (χ3v) is 5.93. The van der Waals surface area contributed by atoms with Gasteiger partial charge in [-0.3, -0.25) is 9.69 Å². The molecule has 2 N–H and O–H groups in total. The van der Waals surface area contributed by atoms with Crippen molar-refractivity contribution in [1.29, 1.82) is 0 Å². The van der Waals surface area contributed by atoms with Crippen molar-refractivity contribution in [1.82, 2.24) is 10.2 Å². The molecule has 29 heavy (non-hydrogen) atoms. The van der Waals surface area contributed by atoms with Crippen LogP contribution in [-0.4, -0.2) is 60.0 Å². The molecule has 1 atom stereocenters. The van der Waals surface area contributed by atoms with Crippen LogP contribution in [0.5, 0.6) is 0 Å². The van der Waals surface area contributed by atoms with Crippen LogP contribution in [0.1, 0.15) is 16.1 Å². The second-order valence-corrected chi connectivity index (χ2v) is 8.29. The van der Waals surface area contributed by atoms with Crippen LogP contribution in [0.4, 0.5) is 0 Å². The van der Waals surface area contributed by atoms with E-state index in [4.69, 9.17) is 37.5 Å². The number of carboxylic acids is 1. The Labute approximate surface area is 182 Å². The summed E-state index contributed by atoms with van der Waals surface area (Å²) in [7, 11) is 0. The fraction of sp³-hybridized carbons (Fsp3) is 0.368. The number of benzene rings is 1. The van der Waals surface area contributed by atoms with Gasteiger partial charge in [-0.05, 0) is 29.8 Å². The van der Waals surface area contributed by atoms with Crippen molar-refractivity contribution in [2.24, 2.45) is 0 Å². The number of rotatable bonds is 8. The van der Waals surface area contributed by atoms with E-state index in [9.17, 15) is 9.59 Å². The molecule has 0 bridgehead atoms. The third-order valence-electron chi connectivity index (χ3n) is 4.28. The predicted molar refractivity (Wildman–Crippen MR) is 111 cm³/mol. The zero-order chi connectivity index (χ0) is 20.8. The summed E-state index contributed by atoms with van der Waals surface area (Å²) in [5.74, 6) is -1.33. The molecule has 1 amide bonds. The van der Waals surface area contributed by atoms with Crippen LogP contribution in [-0.2, 0) is 16.1 Å². The highest BCUT2D eigenvalue weighted by molar-refractivity contribution is 7.99. The molecule has 0 saturated carbocycles. The van der Waals surface area contributed by atoms with Gasteiger partial charge in [-0.2, -0.15) is 0 Å². The Balaban J connectivity index is 1.40. The molecule has 0 unspecified atom stereocenters. The zero-order valence-electron chi connectivity index (χ0n) is 15.4. The molecule has 0 radical (unpaired) electrons. The standard InChI is InChI=1S/C19H20Cl2N2O5S/c20-14-2-1-12(7-15(14)21)9-23-5-6-27-13(10-23)8-22-17(24)11-29-18-4-3-16(28-18)19(25)26/h1-4,7,13H,5-6,8-11H2,(H,22,24)(H,25,26)/t13-/m0/s1. The molecule has 0 aliphatic carbocycles. The summed E-state index contributed by atoms with van der Waals surface area (Å²) in [6.45, 7) is 3.19. The van der Waals surface area contributed by atoms with Crippen LogP contribution in [0.2, 0.25) is 10.0 Å². The molecule has 3 rings (SSSR count). The Bertz CT molecular complexity index is 876. The summed E-state index contributed by atoms with van der Waals surface area (Å²) in [4.78, 5) is 25.1. The van der Waals surface area contributed by atoms with E-state index < -0.39 is 5.97 Å². The lowest BCUT2D eigenvalue weighted by Gasteiger charge is -2.33. The molecule has 1 fully saturated rings. The monoisotopic (exact) mass is 458 g/mol. The van der Waals surface area contributed by atoms with Gasteiger partial charge in [0.2, 0.25) is 11.7 Å². The minimum atomic E-state index is -1.14. The number of carboxylic acid groups (broad SMARTS) is 1. The number of carbonyl (C=O) groups is 2. The first kappa shape index (κ1) is 22.0. The van der Waals surface area contributed by atoms with Crippen molar-refractivity contribution in [3.63, 3.8) is 0 Å². The molecule has 2 heterocycles. The highest BCUT2D eigenvalue weighted by Gasteiger charge is 2.21. The number of aromatic carboxylic acids is 1. The lowest BCUT2D eigenvalue weighted by atomic mass is 10.2. The molecule has 10 heteroatoms. The van der Waals surface area contributed by atoms with E-state index in [1.807, 2.05) is 12.1 Å². The quantitative estimate of drug-likeness (QED) is 0.585. The van der Waals surface area contributed by atoms with E-state index >= 15 is 0 Å². The SMILES string of the molecule is O=C(CSc1ccc(C(=O)O)o1)NC[C@H]1CN(Cc2ccc(Cl)c(Cl)c2)CCO1. The average Bonchev–Trinajstić information content (AvgIpc) is 3.17. The maximum atomic E-state index is 12.1. The third kappa shape index (κ3) is 6.65. The van der Waals surface area contributed by atoms with Crippen LogP contribution in [0.25, 0.3) is 0 Å². The first-order valence-electron chi connectivity index (χ1n) is 8.91. The van der Waals surface area contributed by atoms with Gasteiger partial charge in [0.05, 0.1) is 28.5 Å². The molecule has 156 valence electrons. The molecule has 1 aliphatic rings. The molecular formula is C19H20Cl2N2O5S. The number of halogens is 2. The van der Waals surface area contributed by atoms with Gasteiger partial charge in [0.25, 0.3) is 0 Å². The molecule has 1 aromatic carbocycles. The zero-order valence-corrected chi connectivity index (χ0v) is 17.7. The normalized spacial score (nSPS) is 17.2. The predicted octanol–water partition coefficient (Wildman–Crippen LogP) is 3.39. The summed E-state index contributed by atoms with van der Waals surface area (Å²) in [6.07, 6.45) is -0.109. The molecule has 1 aliphatic heterocycles. The smallest absolute Gasteiger partial charge is 0.371 e. The summed E-state index contributed by atoms with van der Waals surface area (Å²) in [6, 6.07) is 8.49. The van der Waals surface area contributed by atoms with Gasteiger partial charge in [-0.25, -0.2) is 4.79 Å². The van der Waals surface area contributed by atoms with Gasteiger partial charge < -0.3 is 19.6 Å². The van der Waals surface area contributed by atoms with E-state index in [1.165, 1.54) is 12.1 Å². The maximum Gasteiger partial charge on any atom is 0.371 e. The van der Waals surface area contributed by atoms with Crippen molar-refractivity contribution in [3.05, 3.63) is 51.7 Å². The number of morpholine rings is 1. The van der Waals surface area contributed by atoms with Crippen LogP contribution in [0.3, 0.4) is 0 Å². The lowest BCUT2D eigenvalue weighted by molar-refractivity contribution is -0.119. The average molecular weight is 459 g/mol. The summed E-state index contributed by atoms with van der Waals surface area (Å²) >= 11 is 13.2. The van der Waals surface area contributed by atoms with Gasteiger partial charge in [-0.15, -0.1) is 0 Å². The van der Waals surface area contributed by atoms with Crippen molar-refractivity contribution >= 4 is 46.8 Å². The molecule has 0 spiro atoms. The highest BCUT2D eigenvalue weighted by atomic mass is 35.5. The fourth-order valence-corrected chi connectivity index (χ4v) is 3.88. The number of furan rings is 1. The Hall–Kier alpha value is -1.71. The molecule has 1 saturated heterocycles. The number of thioether (sulfide) groups is 1. The molecular weight excluding hydrogens is 439 g/mol. The van der Waals surface area contributed by atoms with Crippen molar-refractivity contribution in [2.45, 2.75) is 17.7 Å². The fourth-order valence-electron chi connectivity index (χ4n) is 2.87. The van der Waals surface area contributed by atoms with E-state index in [-0.39, 0.29) is 23.5 Å². The number of ether oxygens (including phenoxy) is 1. The Morgan fingerprint density at radius 3 is 2.79 bits per heavy atom. The molecule has 1 aromatic heterocycles. The minimum Gasteiger partial charge on any atom is -0.475 e. The van der Waals surface area contributed by atoms with Gasteiger partial charge in [0.1, 0.15) is 0 Å². The Morgan fingerprint density at radius 1 is 1.24 bits per heavy atom. The largest absolute Gasteiger partial charge is 0.475 e. The topological polar surface area (TPSA) is 92.0 Å². The van der Waals surface area contributed by atoms with Crippen LogP contribution in [0, 0.1) is 0 Å². The van der Waals surface area contributed by atoms with Crippen LogP contribution >= 0.6 is 35.0 Å². The number of hydrogen-bond donors (Lipinski definition) is 2. The van der Waals surface area contributed by atoms with Crippen LogP contribution < -0.4 is 5.32 Å². The van der Waals surface area contributed by atoms with E-state index in [1.54, 1.807) is 6.07 Å². The van der Waals surface area contributed by atoms with Crippen molar-refractivity contribution in [2.75, 3.05) is 32.0 Å². The summed E-state index contributed by atoms with van der Waals surface area (Å²) < 4.78 is 10.8. The molecule has 2 aromatic rings.